The molecule has 2 aromatic carbocycles. The summed E-state index contributed by atoms with van der Waals surface area (Å²) in [6, 6.07) is 16.2. The average Bonchev–Trinajstić information content (AvgIpc) is 2.95. The highest BCUT2D eigenvalue weighted by Gasteiger charge is 2.43. The van der Waals surface area contributed by atoms with Crippen molar-refractivity contribution in [2.45, 2.75) is 26.1 Å². The molecule has 2 atom stereocenters. The van der Waals surface area contributed by atoms with E-state index in [-0.39, 0.29) is 18.2 Å². The van der Waals surface area contributed by atoms with Gasteiger partial charge >= 0.3 is 0 Å². The number of amides is 1. The molecule has 2 heterocycles. The molecule has 1 amide bonds. The molecular formula is C19H19NO2. The van der Waals surface area contributed by atoms with Gasteiger partial charge in [-0.15, -0.1) is 0 Å². The largest absolute Gasteiger partial charge is 0.352 e. The number of ether oxygens (including phenoxy) is 1. The van der Waals surface area contributed by atoms with Gasteiger partial charge in [-0.2, -0.15) is 0 Å². The molecule has 4 rings (SSSR count). The van der Waals surface area contributed by atoms with Crippen molar-refractivity contribution in [2.24, 2.45) is 5.92 Å². The van der Waals surface area contributed by atoms with Gasteiger partial charge in [-0.3, -0.25) is 4.79 Å². The summed E-state index contributed by atoms with van der Waals surface area (Å²) in [7, 11) is 0. The van der Waals surface area contributed by atoms with Gasteiger partial charge in [0.2, 0.25) is 0 Å². The fourth-order valence-corrected chi connectivity index (χ4v) is 3.54. The minimum absolute atomic E-state index is 0.0769. The minimum atomic E-state index is -0.275. The van der Waals surface area contributed by atoms with Crippen LogP contribution in [0.3, 0.4) is 0 Å². The first-order valence-electron chi connectivity index (χ1n) is 7.81. The van der Waals surface area contributed by atoms with E-state index in [1.165, 1.54) is 0 Å². The molecule has 2 unspecified atom stereocenters. The zero-order valence-corrected chi connectivity index (χ0v) is 12.8. The third-order valence-electron chi connectivity index (χ3n) is 4.71. The summed E-state index contributed by atoms with van der Waals surface area (Å²) in [5.41, 5.74) is 3.96. The number of fused-ring (bicyclic) bond motifs is 5. The van der Waals surface area contributed by atoms with Crippen molar-refractivity contribution < 1.29 is 9.53 Å². The average molecular weight is 293 g/mol. The third kappa shape index (κ3) is 1.82. The Morgan fingerprint density at radius 2 is 1.64 bits per heavy atom. The molecule has 0 spiro atoms. The van der Waals surface area contributed by atoms with Gasteiger partial charge in [0.25, 0.3) is 5.91 Å². The monoisotopic (exact) mass is 293 g/mol. The van der Waals surface area contributed by atoms with E-state index in [4.69, 9.17) is 4.74 Å². The second-order valence-corrected chi connectivity index (χ2v) is 6.34. The maximum absolute atomic E-state index is 13.1. The Bertz CT molecular complexity index is 738. The predicted molar refractivity (Wildman–Crippen MR) is 85.4 cm³/mol. The Balaban J connectivity index is 1.98. The van der Waals surface area contributed by atoms with Crippen LogP contribution in [0.25, 0.3) is 11.1 Å². The van der Waals surface area contributed by atoms with Gasteiger partial charge in [0.05, 0.1) is 12.6 Å². The number of carbonyl (C=O) groups is 1. The van der Waals surface area contributed by atoms with E-state index in [9.17, 15) is 4.79 Å². The summed E-state index contributed by atoms with van der Waals surface area (Å²) < 4.78 is 6.04. The standard InChI is InChI=1S/C19H19NO2/c1-12(2)17-11-22-19-16-10-6-4-8-14(16)13-7-3-5-9-15(13)18(21)20(17)19/h3-10,12,17,19H,11H2,1-2H3. The number of hydrogen-bond acceptors (Lipinski definition) is 2. The molecular weight excluding hydrogens is 274 g/mol. The molecule has 0 aliphatic carbocycles. The molecule has 2 aliphatic rings. The SMILES string of the molecule is CC(C)C1COC2c3ccccc3-c3ccccc3C(=O)N21. The first-order chi connectivity index (χ1) is 10.7. The van der Waals surface area contributed by atoms with Crippen LogP contribution < -0.4 is 0 Å². The van der Waals surface area contributed by atoms with Crippen molar-refractivity contribution in [3.05, 3.63) is 59.7 Å². The maximum atomic E-state index is 13.1. The molecule has 0 saturated carbocycles. The Morgan fingerprint density at radius 3 is 2.36 bits per heavy atom. The van der Waals surface area contributed by atoms with Gasteiger partial charge < -0.3 is 9.64 Å². The topological polar surface area (TPSA) is 29.5 Å². The van der Waals surface area contributed by atoms with Crippen molar-refractivity contribution >= 4 is 5.91 Å². The van der Waals surface area contributed by atoms with E-state index in [1.807, 2.05) is 41.3 Å². The lowest BCUT2D eigenvalue weighted by Crippen LogP contribution is -2.40. The molecule has 22 heavy (non-hydrogen) atoms. The Hall–Kier alpha value is -2.13. The van der Waals surface area contributed by atoms with Crippen LogP contribution in [0.15, 0.2) is 48.5 Å². The summed E-state index contributed by atoms with van der Waals surface area (Å²) in [5, 5.41) is 0. The van der Waals surface area contributed by atoms with Gasteiger partial charge in [0, 0.05) is 11.1 Å². The van der Waals surface area contributed by atoms with Crippen molar-refractivity contribution in [1.82, 2.24) is 4.90 Å². The second kappa shape index (κ2) is 4.96. The zero-order chi connectivity index (χ0) is 15.3. The van der Waals surface area contributed by atoms with Gasteiger partial charge in [0.1, 0.15) is 0 Å². The number of nitrogens with zero attached hydrogens (tertiary/aromatic N) is 1. The zero-order valence-electron chi connectivity index (χ0n) is 12.8. The van der Waals surface area contributed by atoms with E-state index >= 15 is 0 Å². The van der Waals surface area contributed by atoms with Gasteiger partial charge in [-0.1, -0.05) is 56.3 Å². The van der Waals surface area contributed by atoms with Crippen LogP contribution in [0.1, 0.15) is 36.0 Å². The Labute approximate surface area is 130 Å². The van der Waals surface area contributed by atoms with Gasteiger partial charge in [0.15, 0.2) is 6.23 Å². The number of hydrogen-bond donors (Lipinski definition) is 0. The van der Waals surface area contributed by atoms with Crippen LogP contribution >= 0.6 is 0 Å². The maximum Gasteiger partial charge on any atom is 0.257 e. The molecule has 3 nitrogen and oxygen atoms in total. The lowest BCUT2D eigenvalue weighted by atomic mass is 9.96. The lowest BCUT2D eigenvalue weighted by Gasteiger charge is -2.29. The fourth-order valence-electron chi connectivity index (χ4n) is 3.54. The van der Waals surface area contributed by atoms with Crippen molar-refractivity contribution in [2.75, 3.05) is 6.61 Å². The highest BCUT2D eigenvalue weighted by molar-refractivity contribution is 6.03. The third-order valence-corrected chi connectivity index (χ3v) is 4.71. The van der Waals surface area contributed by atoms with Crippen LogP contribution in [-0.2, 0) is 4.74 Å². The van der Waals surface area contributed by atoms with E-state index in [2.05, 4.69) is 26.0 Å². The number of carbonyl (C=O) groups excluding carboxylic acids is 1. The highest BCUT2D eigenvalue weighted by Crippen LogP contribution is 2.43. The summed E-state index contributed by atoms with van der Waals surface area (Å²) in [6.45, 7) is 4.89. The summed E-state index contributed by atoms with van der Waals surface area (Å²) in [4.78, 5) is 15.1. The Morgan fingerprint density at radius 1 is 1.00 bits per heavy atom. The van der Waals surface area contributed by atoms with E-state index in [1.54, 1.807) is 0 Å². The van der Waals surface area contributed by atoms with Crippen LogP contribution in [-0.4, -0.2) is 23.5 Å². The molecule has 112 valence electrons. The second-order valence-electron chi connectivity index (χ2n) is 6.34. The molecule has 0 N–H and O–H groups in total. The molecule has 0 aromatic heterocycles. The summed E-state index contributed by atoms with van der Waals surface area (Å²) in [6.07, 6.45) is -0.275. The molecule has 2 aliphatic heterocycles. The number of benzene rings is 2. The van der Waals surface area contributed by atoms with Crippen LogP contribution in [0.5, 0.6) is 0 Å². The minimum Gasteiger partial charge on any atom is -0.352 e. The van der Waals surface area contributed by atoms with Crippen LogP contribution in [0.2, 0.25) is 0 Å². The normalized spacial score (nSPS) is 23.0. The van der Waals surface area contributed by atoms with E-state index < -0.39 is 0 Å². The van der Waals surface area contributed by atoms with E-state index in [0.29, 0.717) is 12.5 Å². The van der Waals surface area contributed by atoms with E-state index in [0.717, 1.165) is 22.3 Å². The fraction of sp³-hybridized carbons (Fsp3) is 0.316. The first kappa shape index (κ1) is 13.5. The first-order valence-corrected chi connectivity index (χ1v) is 7.81. The molecule has 0 radical (unpaired) electrons. The highest BCUT2D eigenvalue weighted by atomic mass is 16.5. The van der Waals surface area contributed by atoms with Crippen molar-refractivity contribution in [3.8, 4) is 11.1 Å². The Kier molecular flexibility index (Phi) is 3.05. The summed E-state index contributed by atoms with van der Waals surface area (Å²) in [5.74, 6) is 0.444. The summed E-state index contributed by atoms with van der Waals surface area (Å²) >= 11 is 0. The molecule has 0 bridgehead atoms. The molecule has 1 saturated heterocycles. The molecule has 3 heteroatoms. The lowest BCUT2D eigenvalue weighted by molar-refractivity contribution is 0.0241. The quantitative estimate of drug-likeness (QED) is 0.799. The van der Waals surface area contributed by atoms with Crippen molar-refractivity contribution in [3.63, 3.8) is 0 Å². The van der Waals surface area contributed by atoms with Gasteiger partial charge in [-0.05, 0) is 23.1 Å². The van der Waals surface area contributed by atoms with Crippen molar-refractivity contribution in [1.29, 1.82) is 0 Å². The molecule has 1 fully saturated rings. The van der Waals surface area contributed by atoms with Crippen LogP contribution in [0, 0.1) is 5.92 Å². The van der Waals surface area contributed by atoms with Gasteiger partial charge in [-0.25, -0.2) is 0 Å². The van der Waals surface area contributed by atoms with Crippen LogP contribution in [0.4, 0.5) is 0 Å². The smallest absolute Gasteiger partial charge is 0.257 e. The number of rotatable bonds is 1. The predicted octanol–water partition coefficient (Wildman–Crippen LogP) is 3.86. The molecule has 2 aromatic rings.